The van der Waals surface area contributed by atoms with Crippen LogP contribution in [0.15, 0.2) is 54.3 Å². The Kier molecular flexibility index (Phi) is 4.89. The van der Waals surface area contributed by atoms with Crippen molar-refractivity contribution < 1.29 is 13.2 Å². The molecule has 3 aliphatic heterocycles. The number of aromatic nitrogens is 2. The zero-order valence-electron chi connectivity index (χ0n) is 16.5. The molecular weight excluding hydrogens is 459 g/mol. The lowest BCUT2D eigenvalue weighted by Gasteiger charge is -2.34. The van der Waals surface area contributed by atoms with E-state index in [9.17, 15) is 13.2 Å². The quantitative estimate of drug-likeness (QED) is 0.486. The second-order valence-electron chi connectivity index (χ2n) is 8.13. The second kappa shape index (κ2) is 7.27. The van der Waals surface area contributed by atoms with E-state index < -0.39 is 21.6 Å². The highest BCUT2D eigenvalue weighted by atomic mass is 35.5. The molecular formula is C21H20Cl2N4O3S. The highest BCUT2D eigenvalue weighted by Gasteiger charge is 2.78. The van der Waals surface area contributed by atoms with E-state index in [-0.39, 0.29) is 39.4 Å². The Hall–Kier alpha value is -2.00. The highest BCUT2D eigenvalue weighted by Crippen LogP contribution is 2.59. The van der Waals surface area contributed by atoms with E-state index in [1.165, 1.54) is 22.5 Å². The summed E-state index contributed by atoms with van der Waals surface area (Å²) in [4.78, 5) is 23.4. The van der Waals surface area contributed by atoms with Crippen molar-refractivity contribution in [3.63, 3.8) is 0 Å². The number of halogens is 2. The van der Waals surface area contributed by atoms with E-state index in [4.69, 9.17) is 23.2 Å². The summed E-state index contributed by atoms with van der Waals surface area (Å²) in [6, 6.07) is 3.46. The fourth-order valence-electron chi connectivity index (χ4n) is 5.48. The van der Waals surface area contributed by atoms with Crippen molar-refractivity contribution in [2.75, 3.05) is 0 Å². The molecule has 3 unspecified atom stereocenters. The monoisotopic (exact) mass is 478 g/mol. The van der Waals surface area contributed by atoms with Crippen LogP contribution in [0.4, 0.5) is 0 Å². The summed E-state index contributed by atoms with van der Waals surface area (Å²) in [5.41, 5.74) is -0.261. The zero-order chi connectivity index (χ0) is 22.0. The topological polar surface area (TPSA) is 83.2 Å². The maximum atomic E-state index is 13.7. The number of hydrogen-bond donors (Lipinski definition) is 0. The third kappa shape index (κ3) is 2.96. The number of amides is 1. The van der Waals surface area contributed by atoms with Gasteiger partial charge < -0.3 is 4.90 Å². The van der Waals surface area contributed by atoms with Crippen LogP contribution in [0.5, 0.6) is 0 Å². The Morgan fingerprint density at radius 1 is 1.19 bits per heavy atom. The minimum atomic E-state index is -3.93. The van der Waals surface area contributed by atoms with Crippen molar-refractivity contribution in [1.82, 2.24) is 19.2 Å². The first kappa shape index (κ1) is 20.9. The summed E-state index contributed by atoms with van der Waals surface area (Å²) in [6.07, 6.45) is 8.60. The first-order chi connectivity index (χ1) is 14.8. The van der Waals surface area contributed by atoms with Crippen LogP contribution in [0, 0.1) is 5.92 Å². The number of carbonyl (C=O) groups excluding carboxylic acids is 1. The smallest absolute Gasteiger partial charge is 0.252 e. The molecule has 1 aromatic heterocycles. The van der Waals surface area contributed by atoms with Crippen molar-refractivity contribution >= 4 is 39.1 Å². The molecule has 31 heavy (non-hydrogen) atoms. The average molecular weight is 479 g/mol. The molecule has 4 atom stereocenters. The van der Waals surface area contributed by atoms with E-state index in [0.717, 1.165) is 6.42 Å². The molecule has 162 valence electrons. The lowest BCUT2D eigenvalue weighted by atomic mass is 9.87. The third-order valence-corrected chi connectivity index (χ3v) is 8.98. The molecule has 10 heteroatoms. The van der Waals surface area contributed by atoms with E-state index >= 15 is 0 Å². The number of fused-ring (bicyclic) bond motifs is 3. The van der Waals surface area contributed by atoms with Crippen LogP contribution in [0.25, 0.3) is 0 Å². The fraction of sp³-hybridized carbons (Fsp3) is 0.381. The van der Waals surface area contributed by atoms with Crippen molar-refractivity contribution in [3.05, 3.63) is 65.2 Å². The molecule has 2 aromatic rings. The average Bonchev–Trinajstić information content (AvgIpc) is 3.25. The van der Waals surface area contributed by atoms with E-state index in [1.807, 2.05) is 0 Å². The Morgan fingerprint density at radius 2 is 1.94 bits per heavy atom. The van der Waals surface area contributed by atoms with E-state index in [1.54, 1.807) is 29.6 Å². The SMILES string of the molecule is C=C[C@@H]1C2CCCC(N2S(=O)(=O)c2cc(Cl)cc(Cl)c2)C12C(=O)N2Cc1cnccn1. The van der Waals surface area contributed by atoms with Crippen LogP contribution in [0.2, 0.25) is 10.0 Å². The van der Waals surface area contributed by atoms with Crippen LogP contribution in [-0.2, 0) is 21.4 Å². The summed E-state index contributed by atoms with van der Waals surface area (Å²) < 4.78 is 29.0. The number of sulfonamides is 1. The highest BCUT2D eigenvalue weighted by molar-refractivity contribution is 7.89. The third-order valence-electron chi connectivity index (χ3n) is 6.63. The van der Waals surface area contributed by atoms with Crippen molar-refractivity contribution in [2.45, 2.75) is 48.3 Å². The van der Waals surface area contributed by atoms with Gasteiger partial charge in [-0.15, -0.1) is 6.58 Å². The van der Waals surface area contributed by atoms with Crippen LogP contribution < -0.4 is 0 Å². The van der Waals surface area contributed by atoms with Gasteiger partial charge >= 0.3 is 0 Å². The van der Waals surface area contributed by atoms with Crippen LogP contribution in [0.1, 0.15) is 25.0 Å². The van der Waals surface area contributed by atoms with E-state index in [0.29, 0.717) is 18.5 Å². The Morgan fingerprint density at radius 3 is 2.58 bits per heavy atom. The maximum absolute atomic E-state index is 13.7. The van der Waals surface area contributed by atoms with Gasteiger partial charge in [0.1, 0.15) is 5.54 Å². The summed E-state index contributed by atoms with van der Waals surface area (Å²) in [7, 11) is -3.93. The minimum absolute atomic E-state index is 0.0373. The lowest BCUT2D eigenvalue weighted by molar-refractivity contribution is -0.114. The number of carbonyl (C=O) groups is 1. The first-order valence-electron chi connectivity index (χ1n) is 10.0. The molecule has 1 aromatic carbocycles. The van der Waals surface area contributed by atoms with Gasteiger partial charge in [0.2, 0.25) is 10.0 Å². The molecule has 4 heterocycles. The van der Waals surface area contributed by atoms with Crippen LogP contribution in [0.3, 0.4) is 0 Å². The number of hydrogen-bond acceptors (Lipinski definition) is 5. The predicted molar refractivity (Wildman–Crippen MR) is 116 cm³/mol. The number of rotatable bonds is 5. The van der Waals surface area contributed by atoms with Gasteiger partial charge in [-0.2, -0.15) is 4.31 Å². The lowest BCUT2D eigenvalue weighted by Crippen LogP contribution is -2.47. The summed E-state index contributed by atoms with van der Waals surface area (Å²) in [5, 5.41) is 0.495. The van der Waals surface area contributed by atoms with Crippen LogP contribution >= 0.6 is 23.2 Å². The molecule has 3 aliphatic rings. The molecule has 0 N–H and O–H groups in total. The standard InChI is InChI=1S/C21H20Cl2N4O3S/c1-2-17-18-4-3-5-19(21(17)20(28)26(21)12-15-11-24-6-7-25-15)27(18)31(29,30)16-9-13(22)8-14(23)10-16/h2,6-11,17-19H,1,3-5,12H2/t17-,18?,19?,21?,26?/m1/s1. The number of benzene rings is 1. The summed E-state index contributed by atoms with van der Waals surface area (Å²) in [5.74, 6) is -0.379. The molecule has 2 bridgehead atoms. The molecule has 7 nitrogen and oxygen atoms in total. The second-order valence-corrected chi connectivity index (χ2v) is 10.8. The van der Waals surface area contributed by atoms with Gasteiger partial charge in [0, 0.05) is 34.4 Å². The van der Waals surface area contributed by atoms with Gasteiger partial charge in [-0.3, -0.25) is 14.8 Å². The minimum Gasteiger partial charge on any atom is -0.318 e. The predicted octanol–water partition coefficient (Wildman–Crippen LogP) is 3.29. The normalized spacial score (nSPS) is 30.1. The van der Waals surface area contributed by atoms with Crippen molar-refractivity contribution in [2.24, 2.45) is 5.92 Å². The van der Waals surface area contributed by atoms with Gasteiger partial charge in [0.05, 0.1) is 29.4 Å². The Labute approximate surface area is 190 Å². The number of nitrogens with zero attached hydrogens (tertiary/aromatic N) is 4. The molecule has 3 fully saturated rings. The zero-order valence-corrected chi connectivity index (χ0v) is 18.8. The Bertz CT molecular complexity index is 1160. The maximum Gasteiger partial charge on any atom is 0.252 e. The van der Waals surface area contributed by atoms with Gasteiger partial charge in [0.15, 0.2) is 0 Å². The van der Waals surface area contributed by atoms with Crippen LogP contribution in [-0.4, -0.2) is 51.1 Å². The molecule has 3 saturated heterocycles. The molecule has 0 saturated carbocycles. The molecule has 1 spiro atoms. The molecule has 1 amide bonds. The van der Waals surface area contributed by atoms with Crippen molar-refractivity contribution in [3.8, 4) is 0 Å². The van der Waals surface area contributed by atoms with Gasteiger partial charge in [-0.1, -0.05) is 35.7 Å². The molecule has 0 aliphatic carbocycles. The fourth-order valence-corrected chi connectivity index (χ4v) is 8.12. The van der Waals surface area contributed by atoms with Gasteiger partial charge in [-0.05, 0) is 31.0 Å². The molecule has 0 radical (unpaired) electrons. The largest absolute Gasteiger partial charge is 0.318 e. The molecule has 5 rings (SSSR count). The summed E-state index contributed by atoms with van der Waals surface area (Å²) >= 11 is 12.2. The van der Waals surface area contributed by atoms with E-state index in [2.05, 4.69) is 16.5 Å². The van der Waals surface area contributed by atoms with Gasteiger partial charge in [-0.25, -0.2) is 8.42 Å². The van der Waals surface area contributed by atoms with Crippen molar-refractivity contribution in [1.29, 1.82) is 0 Å². The van der Waals surface area contributed by atoms with Gasteiger partial charge in [0.25, 0.3) is 5.91 Å². The first-order valence-corrected chi connectivity index (χ1v) is 12.2. The number of piperidine rings is 1. The Balaban J connectivity index is 1.57. The summed E-state index contributed by atoms with van der Waals surface area (Å²) in [6.45, 7) is 4.25.